The number of aryl methyl sites for hydroxylation is 1. The van der Waals surface area contributed by atoms with Crippen LogP contribution in [0.3, 0.4) is 0 Å². The van der Waals surface area contributed by atoms with E-state index in [0.717, 1.165) is 11.6 Å². The lowest BCUT2D eigenvalue weighted by atomic mass is 10.00. The van der Waals surface area contributed by atoms with Crippen LogP contribution in [0.5, 0.6) is 5.75 Å². The number of ether oxygens (including phenoxy) is 2. The summed E-state index contributed by atoms with van der Waals surface area (Å²) in [6.07, 6.45) is 3.97. The Labute approximate surface area is 145 Å². The minimum absolute atomic E-state index is 0.0276. The lowest BCUT2D eigenvalue weighted by Crippen LogP contribution is -2.35. The fraction of sp³-hybridized carbons (Fsp3) is 0.412. The lowest BCUT2D eigenvalue weighted by Gasteiger charge is -2.18. The minimum atomic E-state index is -0.290. The molecule has 0 spiro atoms. The SMILES string of the molecule is Cn1ccnc1[C@@H]1OCC[C@H]1C(=O)NCCOc1ccc(Cl)cc1. The summed E-state index contributed by atoms with van der Waals surface area (Å²) in [5.74, 6) is 1.26. The number of halogens is 1. The van der Waals surface area contributed by atoms with E-state index in [0.29, 0.717) is 31.2 Å². The molecule has 1 N–H and O–H groups in total. The Kier molecular flexibility index (Phi) is 5.37. The summed E-state index contributed by atoms with van der Waals surface area (Å²) < 4.78 is 13.2. The molecular formula is C17H20ClN3O3. The number of benzene rings is 1. The van der Waals surface area contributed by atoms with Crippen LogP contribution >= 0.6 is 11.6 Å². The summed E-state index contributed by atoms with van der Waals surface area (Å²) in [5, 5.41) is 3.57. The second kappa shape index (κ2) is 7.68. The van der Waals surface area contributed by atoms with E-state index in [1.807, 2.05) is 17.8 Å². The average Bonchev–Trinajstić information content (AvgIpc) is 3.21. The molecule has 1 fully saturated rings. The Hall–Kier alpha value is -2.05. The van der Waals surface area contributed by atoms with E-state index in [9.17, 15) is 4.79 Å². The molecule has 2 atom stereocenters. The van der Waals surface area contributed by atoms with Crippen LogP contribution in [0.4, 0.5) is 0 Å². The summed E-state index contributed by atoms with van der Waals surface area (Å²) in [5.41, 5.74) is 0. The predicted octanol–water partition coefficient (Wildman–Crippen LogP) is 2.35. The first-order chi connectivity index (χ1) is 11.6. The normalized spacial score (nSPS) is 20.1. The van der Waals surface area contributed by atoms with Gasteiger partial charge in [-0.15, -0.1) is 0 Å². The summed E-state index contributed by atoms with van der Waals surface area (Å²) in [6.45, 7) is 1.40. The van der Waals surface area contributed by atoms with Gasteiger partial charge in [0.2, 0.25) is 5.91 Å². The lowest BCUT2D eigenvalue weighted by molar-refractivity contribution is -0.127. The van der Waals surface area contributed by atoms with E-state index in [2.05, 4.69) is 10.3 Å². The van der Waals surface area contributed by atoms with E-state index in [-0.39, 0.29) is 17.9 Å². The summed E-state index contributed by atoms with van der Waals surface area (Å²) in [4.78, 5) is 16.7. The average molecular weight is 350 g/mol. The third kappa shape index (κ3) is 3.88. The van der Waals surface area contributed by atoms with Gasteiger partial charge in [-0.2, -0.15) is 0 Å². The van der Waals surface area contributed by atoms with E-state index in [4.69, 9.17) is 21.1 Å². The highest BCUT2D eigenvalue weighted by Gasteiger charge is 2.37. The fourth-order valence-electron chi connectivity index (χ4n) is 2.77. The Balaban J connectivity index is 1.48. The third-order valence-corrected chi connectivity index (χ3v) is 4.28. The first-order valence-corrected chi connectivity index (χ1v) is 8.28. The fourth-order valence-corrected chi connectivity index (χ4v) is 2.89. The maximum Gasteiger partial charge on any atom is 0.226 e. The monoisotopic (exact) mass is 349 g/mol. The first-order valence-electron chi connectivity index (χ1n) is 7.90. The second-order valence-corrected chi connectivity index (χ2v) is 6.11. The maximum absolute atomic E-state index is 12.4. The molecule has 0 aliphatic carbocycles. The van der Waals surface area contributed by atoms with Gasteiger partial charge in [-0.05, 0) is 30.7 Å². The van der Waals surface area contributed by atoms with Gasteiger partial charge >= 0.3 is 0 Å². The van der Waals surface area contributed by atoms with Crippen molar-refractivity contribution in [3.63, 3.8) is 0 Å². The van der Waals surface area contributed by atoms with Crippen LogP contribution in [-0.2, 0) is 16.6 Å². The third-order valence-electron chi connectivity index (χ3n) is 4.03. The van der Waals surface area contributed by atoms with Crippen LogP contribution in [0.25, 0.3) is 0 Å². The molecule has 128 valence electrons. The van der Waals surface area contributed by atoms with Crippen LogP contribution in [-0.4, -0.2) is 35.2 Å². The maximum atomic E-state index is 12.4. The van der Waals surface area contributed by atoms with Gasteiger partial charge in [-0.1, -0.05) is 11.6 Å². The zero-order valence-electron chi connectivity index (χ0n) is 13.4. The quantitative estimate of drug-likeness (QED) is 0.813. The van der Waals surface area contributed by atoms with Gasteiger partial charge in [0.15, 0.2) is 0 Å². The van der Waals surface area contributed by atoms with Crippen molar-refractivity contribution in [1.82, 2.24) is 14.9 Å². The van der Waals surface area contributed by atoms with Gasteiger partial charge in [-0.25, -0.2) is 4.98 Å². The molecule has 1 aromatic heterocycles. The van der Waals surface area contributed by atoms with Crippen molar-refractivity contribution in [2.24, 2.45) is 13.0 Å². The molecule has 7 heteroatoms. The van der Waals surface area contributed by atoms with Crippen LogP contribution in [0.2, 0.25) is 5.02 Å². The Morgan fingerprint density at radius 2 is 2.25 bits per heavy atom. The van der Waals surface area contributed by atoms with Crippen molar-refractivity contribution in [2.45, 2.75) is 12.5 Å². The van der Waals surface area contributed by atoms with E-state index in [1.165, 1.54) is 0 Å². The van der Waals surface area contributed by atoms with Crippen molar-refractivity contribution >= 4 is 17.5 Å². The molecule has 1 aromatic carbocycles. The van der Waals surface area contributed by atoms with Crippen molar-refractivity contribution < 1.29 is 14.3 Å². The first kappa shape index (κ1) is 16.8. The Bertz CT molecular complexity index is 687. The molecule has 1 amide bonds. The van der Waals surface area contributed by atoms with Gasteiger partial charge < -0.3 is 19.4 Å². The number of carbonyl (C=O) groups excluding carboxylic acids is 1. The summed E-state index contributed by atoms with van der Waals surface area (Å²) >= 11 is 5.82. The number of nitrogens with one attached hydrogen (secondary N) is 1. The van der Waals surface area contributed by atoms with Crippen molar-refractivity contribution in [1.29, 1.82) is 0 Å². The molecule has 24 heavy (non-hydrogen) atoms. The van der Waals surface area contributed by atoms with Gasteiger partial charge in [0.05, 0.1) is 12.5 Å². The van der Waals surface area contributed by atoms with Crippen LogP contribution in [0.15, 0.2) is 36.7 Å². The molecule has 2 aromatic rings. The van der Waals surface area contributed by atoms with E-state index >= 15 is 0 Å². The summed E-state index contributed by atoms with van der Waals surface area (Å²) in [6, 6.07) is 7.13. The van der Waals surface area contributed by atoms with Gasteiger partial charge in [-0.3, -0.25) is 4.79 Å². The largest absolute Gasteiger partial charge is 0.492 e. The minimum Gasteiger partial charge on any atom is -0.492 e. The van der Waals surface area contributed by atoms with Crippen LogP contribution in [0.1, 0.15) is 18.3 Å². The number of nitrogens with zero attached hydrogens (tertiary/aromatic N) is 2. The highest BCUT2D eigenvalue weighted by Crippen LogP contribution is 2.33. The number of amides is 1. The molecule has 3 rings (SSSR count). The Morgan fingerprint density at radius 1 is 1.46 bits per heavy atom. The zero-order valence-corrected chi connectivity index (χ0v) is 14.2. The zero-order chi connectivity index (χ0) is 16.9. The van der Waals surface area contributed by atoms with Gasteiger partial charge in [0.1, 0.15) is 24.3 Å². The predicted molar refractivity (Wildman–Crippen MR) is 90.0 cm³/mol. The van der Waals surface area contributed by atoms with E-state index in [1.54, 1.807) is 30.5 Å². The second-order valence-electron chi connectivity index (χ2n) is 5.68. The number of rotatable bonds is 6. The molecule has 0 bridgehead atoms. The topological polar surface area (TPSA) is 65.4 Å². The van der Waals surface area contributed by atoms with Crippen molar-refractivity contribution in [3.05, 3.63) is 47.5 Å². The number of imidazole rings is 1. The van der Waals surface area contributed by atoms with E-state index < -0.39 is 0 Å². The van der Waals surface area contributed by atoms with Gasteiger partial charge in [0.25, 0.3) is 0 Å². The number of carbonyl (C=O) groups is 1. The molecule has 0 unspecified atom stereocenters. The molecule has 0 radical (unpaired) electrons. The Morgan fingerprint density at radius 3 is 2.96 bits per heavy atom. The molecule has 1 aliphatic heterocycles. The van der Waals surface area contributed by atoms with Crippen LogP contribution < -0.4 is 10.1 Å². The number of hydrogen-bond donors (Lipinski definition) is 1. The molecule has 2 heterocycles. The highest BCUT2D eigenvalue weighted by molar-refractivity contribution is 6.30. The van der Waals surface area contributed by atoms with Crippen molar-refractivity contribution in [3.8, 4) is 5.75 Å². The standard InChI is InChI=1S/C17H20ClN3O3/c1-21-9-7-19-16(21)15-14(6-10-24-15)17(22)20-8-11-23-13-4-2-12(18)3-5-13/h2-5,7,9,14-15H,6,8,10-11H2,1H3,(H,20,22)/t14-,15-/m1/s1. The molecule has 1 aliphatic rings. The summed E-state index contributed by atoms with van der Waals surface area (Å²) in [7, 11) is 1.90. The molecule has 6 nitrogen and oxygen atoms in total. The number of aromatic nitrogens is 2. The number of hydrogen-bond acceptors (Lipinski definition) is 4. The highest BCUT2D eigenvalue weighted by atomic mass is 35.5. The molecule has 1 saturated heterocycles. The molecular weight excluding hydrogens is 330 g/mol. The van der Waals surface area contributed by atoms with Crippen LogP contribution in [0, 0.1) is 5.92 Å². The molecule has 0 saturated carbocycles. The van der Waals surface area contributed by atoms with Crippen molar-refractivity contribution in [2.75, 3.05) is 19.8 Å². The van der Waals surface area contributed by atoms with Gasteiger partial charge in [0, 0.05) is 31.1 Å². The smallest absolute Gasteiger partial charge is 0.226 e.